The van der Waals surface area contributed by atoms with Crippen LogP contribution < -0.4 is 4.74 Å². The van der Waals surface area contributed by atoms with E-state index >= 15 is 0 Å². The van der Waals surface area contributed by atoms with Crippen LogP contribution in [-0.4, -0.2) is 52.8 Å². The second kappa shape index (κ2) is 13.4. The van der Waals surface area contributed by atoms with Crippen molar-refractivity contribution in [1.29, 1.82) is 0 Å². The number of hydrogen-bond acceptors (Lipinski definition) is 6. The molecule has 3 atom stereocenters. The Morgan fingerprint density at radius 3 is 2.84 bits per heavy atom. The van der Waals surface area contributed by atoms with Gasteiger partial charge in [0.05, 0.1) is 18.7 Å². The molecule has 37 heavy (non-hydrogen) atoms. The number of fused-ring (bicyclic) bond motifs is 1. The Bertz CT molecular complexity index is 1160. The zero-order valence-electron chi connectivity index (χ0n) is 22.1. The normalized spacial score (nSPS) is 19.2. The van der Waals surface area contributed by atoms with Gasteiger partial charge < -0.3 is 19.8 Å². The number of aliphatic hydroxyl groups is 1. The van der Waals surface area contributed by atoms with Crippen molar-refractivity contribution in [3.8, 4) is 5.75 Å². The highest BCUT2D eigenvalue weighted by Crippen LogP contribution is 2.35. The molecule has 1 aromatic carbocycles. The zero-order chi connectivity index (χ0) is 26.2. The first-order valence-electron chi connectivity index (χ1n) is 13.5. The van der Waals surface area contributed by atoms with E-state index in [9.17, 15) is 15.0 Å². The number of hydrogen-bond donors (Lipinski definition) is 2. The second-order valence-electron chi connectivity index (χ2n) is 10.4. The molecule has 1 unspecified atom stereocenters. The fourth-order valence-electron chi connectivity index (χ4n) is 5.75. The number of piperidine rings is 1. The van der Waals surface area contributed by atoms with Gasteiger partial charge in [-0.3, -0.25) is 9.78 Å². The standard InChI is InChI=1S/C30H40N2O4S/c1-21-14-18-37-29(21)5-3-4-16-32-17-13-22(23(20-32)7-11-30(34)35)6-10-28(33)25-12-15-31-27-9-8-24(36-2)19-26(25)27/h8-9,12,14-15,18-19,22-23,28,33H,3-7,10-11,13,16-17,20H2,1-2H3,(H,34,35)/t22-,23+,28?/m1/s1. The van der Waals surface area contributed by atoms with Crippen molar-refractivity contribution >= 4 is 28.2 Å². The molecule has 7 heteroatoms. The number of thiophene rings is 1. The fraction of sp³-hybridized carbons (Fsp3) is 0.533. The molecule has 0 saturated carbocycles. The second-order valence-corrected chi connectivity index (χ2v) is 11.4. The van der Waals surface area contributed by atoms with Gasteiger partial charge in [-0.25, -0.2) is 0 Å². The van der Waals surface area contributed by atoms with Crippen LogP contribution in [0.3, 0.4) is 0 Å². The molecule has 0 aliphatic carbocycles. The quantitative estimate of drug-likeness (QED) is 0.257. The molecule has 4 rings (SSSR count). The average Bonchev–Trinajstić information content (AvgIpc) is 3.32. The number of aryl methyl sites for hydroxylation is 2. The van der Waals surface area contributed by atoms with E-state index in [4.69, 9.17) is 4.74 Å². The first-order valence-corrected chi connectivity index (χ1v) is 14.4. The number of nitrogens with zero attached hydrogens (tertiary/aromatic N) is 2. The van der Waals surface area contributed by atoms with Crippen LogP contribution in [0.4, 0.5) is 0 Å². The lowest BCUT2D eigenvalue weighted by molar-refractivity contribution is -0.137. The minimum Gasteiger partial charge on any atom is -0.497 e. The molecule has 0 amide bonds. The van der Waals surface area contributed by atoms with E-state index in [1.54, 1.807) is 13.3 Å². The van der Waals surface area contributed by atoms with Crippen molar-refractivity contribution < 1.29 is 19.7 Å². The summed E-state index contributed by atoms with van der Waals surface area (Å²) in [5.41, 5.74) is 3.13. The molecule has 6 nitrogen and oxygen atoms in total. The van der Waals surface area contributed by atoms with Crippen LogP contribution in [0.2, 0.25) is 0 Å². The Kier molecular flexibility index (Phi) is 9.95. The third kappa shape index (κ3) is 7.53. The first-order chi connectivity index (χ1) is 17.9. The molecule has 0 radical (unpaired) electrons. The smallest absolute Gasteiger partial charge is 0.303 e. The molecule has 0 spiro atoms. The summed E-state index contributed by atoms with van der Waals surface area (Å²) < 4.78 is 5.38. The molecular weight excluding hydrogens is 484 g/mol. The van der Waals surface area contributed by atoms with Crippen LogP contribution in [-0.2, 0) is 11.2 Å². The van der Waals surface area contributed by atoms with Crippen LogP contribution in [0.5, 0.6) is 5.75 Å². The SMILES string of the molecule is COc1ccc2nccc(C(O)CC[C@@H]3CCN(CCCCc4sccc4C)C[C@@H]3CCC(=O)O)c2c1. The minimum absolute atomic E-state index is 0.212. The van der Waals surface area contributed by atoms with Crippen LogP contribution in [0, 0.1) is 18.8 Å². The van der Waals surface area contributed by atoms with Gasteiger partial charge in [-0.15, -0.1) is 11.3 Å². The third-order valence-electron chi connectivity index (χ3n) is 7.95. The van der Waals surface area contributed by atoms with Crippen molar-refractivity contribution in [1.82, 2.24) is 9.88 Å². The van der Waals surface area contributed by atoms with E-state index in [2.05, 4.69) is 28.3 Å². The largest absolute Gasteiger partial charge is 0.497 e. The summed E-state index contributed by atoms with van der Waals surface area (Å²) in [4.78, 5) is 19.8. The molecule has 0 bridgehead atoms. The molecule has 3 heterocycles. The molecule has 1 aliphatic rings. The molecule has 3 aromatic rings. The third-order valence-corrected chi connectivity index (χ3v) is 9.04. The van der Waals surface area contributed by atoms with E-state index in [0.717, 1.165) is 61.1 Å². The van der Waals surface area contributed by atoms with Crippen molar-refractivity contribution in [2.75, 3.05) is 26.7 Å². The summed E-state index contributed by atoms with van der Waals surface area (Å²) in [6.45, 7) is 5.28. The Labute approximate surface area is 224 Å². The highest BCUT2D eigenvalue weighted by Gasteiger charge is 2.30. The van der Waals surface area contributed by atoms with E-state index in [0.29, 0.717) is 24.7 Å². The van der Waals surface area contributed by atoms with Gasteiger partial charge in [-0.2, -0.15) is 0 Å². The monoisotopic (exact) mass is 524 g/mol. The molecular formula is C30H40N2O4S. The molecule has 2 aromatic heterocycles. The number of aliphatic hydroxyl groups excluding tert-OH is 1. The Morgan fingerprint density at radius 1 is 1.22 bits per heavy atom. The number of rotatable bonds is 13. The van der Waals surface area contributed by atoms with E-state index in [1.165, 1.54) is 23.3 Å². The molecule has 200 valence electrons. The molecule has 2 N–H and O–H groups in total. The van der Waals surface area contributed by atoms with Crippen LogP contribution in [0.15, 0.2) is 41.9 Å². The molecule has 1 saturated heterocycles. The van der Waals surface area contributed by atoms with E-state index in [1.807, 2.05) is 35.6 Å². The Hall–Kier alpha value is -2.48. The van der Waals surface area contributed by atoms with Gasteiger partial charge in [-0.1, -0.05) is 0 Å². The fourth-order valence-corrected chi connectivity index (χ4v) is 6.70. The number of aliphatic carboxylic acids is 1. The lowest BCUT2D eigenvalue weighted by atomic mass is 9.79. The Balaban J connectivity index is 1.32. The number of carboxylic acid groups (broad SMARTS) is 1. The number of benzene rings is 1. The minimum atomic E-state index is -0.723. The lowest BCUT2D eigenvalue weighted by Gasteiger charge is -2.39. The van der Waals surface area contributed by atoms with Gasteiger partial charge in [0.15, 0.2) is 0 Å². The number of ether oxygens (including phenoxy) is 1. The van der Waals surface area contributed by atoms with Gasteiger partial charge in [0.1, 0.15) is 5.75 Å². The number of carbonyl (C=O) groups is 1. The molecule has 1 fully saturated rings. The number of unbranched alkanes of at least 4 members (excludes halogenated alkanes) is 1. The highest BCUT2D eigenvalue weighted by atomic mass is 32.1. The summed E-state index contributed by atoms with van der Waals surface area (Å²) in [6.07, 6.45) is 8.21. The Morgan fingerprint density at radius 2 is 2.08 bits per heavy atom. The average molecular weight is 525 g/mol. The number of pyridine rings is 1. The van der Waals surface area contributed by atoms with Crippen molar-refractivity contribution in [2.45, 2.75) is 64.4 Å². The number of carboxylic acids is 1. The topological polar surface area (TPSA) is 82.9 Å². The summed E-state index contributed by atoms with van der Waals surface area (Å²) in [5, 5.41) is 23.6. The maximum Gasteiger partial charge on any atom is 0.303 e. The predicted octanol–water partition coefficient (Wildman–Crippen LogP) is 6.25. The van der Waals surface area contributed by atoms with Gasteiger partial charge in [0, 0.05) is 29.4 Å². The maximum absolute atomic E-state index is 11.3. The zero-order valence-corrected chi connectivity index (χ0v) is 22.9. The lowest BCUT2D eigenvalue weighted by Crippen LogP contribution is -2.41. The summed E-state index contributed by atoms with van der Waals surface area (Å²) >= 11 is 1.85. The van der Waals surface area contributed by atoms with E-state index in [-0.39, 0.29) is 6.42 Å². The van der Waals surface area contributed by atoms with Crippen LogP contribution >= 0.6 is 11.3 Å². The number of aromatic nitrogens is 1. The van der Waals surface area contributed by atoms with Crippen LogP contribution in [0.25, 0.3) is 10.9 Å². The molecule has 1 aliphatic heterocycles. The maximum atomic E-state index is 11.3. The summed E-state index contributed by atoms with van der Waals surface area (Å²) in [6, 6.07) is 9.84. The predicted molar refractivity (Wildman–Crippen MR) is 149 cm³/mol. The van der Waals surface area contributed by atoms with Gasteiger partial charge in [0.25, 0.3) is 0 Å². The van der Waals surface area contributed by atoms with Gasteiger partial charge >= 0.3 is 5.97 Å². The van der Waals surface area contributed by atoms with Crippen molar-refractivity contribution in [3.05, 3.63) is 57.9 Å². The van der Waals surface area contributed by atoms with Crippen molar-refractivity contribution in [2.24, 2.45) is 11.8 Å². The number of likely N-dealkylation sites (tertiary alicyclic amines) is 1. The van der Waals surface area contributed by atoms with E-state index < -0.39 is 12.1 Å². The van der Waals surface area contributed by atoms with Gasteiger partial charge in [0.2, 0.25) is 0 Å². The summed E-state index contributed by atoms with van der Waals surface area (Å²) in [5.74, 6) is 0.813. The highest BCUT2D eigenvalue weighted by molar-refractivity contribution is 7.10. The first kappa shape index (κ1) is 27.6. The van der Waals surface area contributed by atoms with Crippen molar-refractivity contribution in [3.63, 3.8) is 0 Å². The van der Waals surface area contributed by atoms with Crippen LogP contribution in [0.1, 0.15) is 67.1 Å². The van der Waals surface area contributed by atoms with Gasteiger partial charge in [-0.05, 0) is 124 Å². The number of methoxy groups -OCH3 is 1. The summed E-state index contributed by atoms with van der Waals surface area (Å²) in [7, 11) is 1.64.